The maximum absolute atomic E-state index is 5.03. The number of pyridine rings is 1. The summed E-state index contributed by atoms with van der Waals surface area (Å²) >= 11 is 0. The molecule has 0 atom stereocenters. The number of hydrogen-bond donors (Lipinski definition) is 0. The van der Waals surface area contributed by atoms with Crippen LogP contribution in [-0.4, -0.2) is 28.0 Å². The summed E-state index contributed by atoms with van der Waals surface area (Å²) in [6.07, 6.45) is 1.96. The fraction of sp³-hybridized carbons (Fsp3) is 0.176. The van der Waals surface area contributed by atoms with E-state index in [0.717, 1.165) is 27.8 Å². The Bertz CT molecular complexity index is 2670. The van der Waals surface area contributed by atoms with Gasteiger partial charge in [-0.15, -0.1) is 0 Å². The van der Waals surface area contributed by atoms with Crippen LogP contribution in [0.5, 0.6) is 0 Å². The van der Waals surface area contributed by atoms with Crippen molar-refractivity contribution in [3.8, 4) is 67.5 Å². The smallest absolute Gasteiger partial charge is 0.164 e. The average molecular weight is 743 g/mol. The number of nitrogens with zero attached hydrogens (tertiary/aromatic N) is 4. The van der Waals surface area contributed by atoms with Gasteiger partial charge in [-0.2, -0.15) is 0 Å². The fourth-order valence-corrected chi connectivity index (χ4v) is 12.9. The van der Waals surface area contributed by atoms with Gasteiger partial charge in [0.25, 0.3) is 0 Å². The summed E-state index contributed by atoms with van der Waals surface area (Å²) in [6.45, 7) is 11.9. The van der Waals surface area contributed by atoms with Gasteiger partial charge in [-0.1, -0.05) is 179 Å². The van der Waals surface area contributed by atoms with Gasteiger partial charge in [0.2, 0.25) is 0 Å². The van der Waals surface area contributed by atoms with Crippen molar-refractivity contribution < 1.29 is 0 Å². The van der Waals surface area contributed by atoms with E-state index in [1.54, 1.807) is 5.19 Å². The van der Waals surface area contributed by atoms with E-state index >= 15 is 0 Å². The lowest BCUT2D eigenvalue weighted by Gasteiger charge is -2.30. The number of hydrogen-bond acceptors (Lipinski definition) is 4. The molecule has 1 aliphatic carbocycles. The molecule has 0 N–H and O–H groups in total. The Balaban J connectivity index is 1.09. The highest BCUT2D eigenvalue weighted by atomic mass is 28.3. The molecule has 5 heteroatoms. The molecule has 0 radical (unpaired) electrons. The van der Waals surface area contributed by atoms with Gasteiger partial charge in [0.15, 0.2) is 17.5 Å². The summed E-state index contributed by atoms with van der Waals surface area (Å²) in [4.78, 5) is 19.9. The molecule has 0 saturated heterocycles. The van der Waals surface area contributed by atoms with Crippen LogP contribution in [0.4, 0.5) is 0 Å². The molecule has 4 nitrogen and oxygen atoms in total. The van der Waals surface area contributed by atoms with Gasteiger partial charge < -0.3 is 0 Å². The first-order valence-corrected chi connectivity index (χ1v) is 22.6. The van der Waals surface area contributed by atoms with Gasteiger partial charge in [0.1, 0.15) is 0 Å². The minimum absolute atomic E-state index is 0.185. The molecular formula is C51H46N4Si. The Morgan fingerprint density at radius 3 is 1.55 bits per heavy atom. The van der Waals surface area contributed by atoms with Crippen LogP contribution in [0.3, 0.4) is 0 Å². The Morgan fingerprint density at radius 2 is 0.946 bits per heavy atom. The van der Waals surface area contributed by atoms with Crippen molar-refractivity contribution in [1.82, 2.24) is 19.9 Å². The van der Waals surface area contributed by atoms with Crippen LogP contribution in [0.1, 0.15) is 45.7 Å². The van der Waals surface area contributed by atoms with Gasteiger partial charge in [0.05, 0.1) is 13.6 Å². The highest BCUT2D eigenvalue weighted by Crippen LogP contribution is 2.51. The van der Waals surface area contributed by atoms with Crippen molar-refractivity contribution in [1.29, 1.82) is 0 Å². The summed E-state index contributed by atoms with van der Waals surface area (Å²) < 4.78 is 0. The maximum Gasteiger partial charge on any atom is 0.164 e. The molecule has 1 aliphatic rings. The highest BCUT2D eigenvalue weighted by molar-refractivity contribution is 6.93. The van der Waals surface area contributed by atoms with Crippen LogP contribution in [0, 0.1) is 0 Å². The van der Waals surface area contributed by atoms with Crippen molar-refractivity contribution in [3.63, 3.8) is 0 Å². The van der Waals surface area contributed by atoms with Crippen LogP contribution in [0.2, 0.25) is 18.1 Å². The average Bonchev–Trinajstić information content (AvgIpc) is 3.49. The van der Waals surface area contributed by atoms with E-state index in [0.29, 0.717) is 17.5 Å². The minimum atomic E-state index is -1.60. The van der Waals surface area contributed by atoms with E-state index in [9.17, 15) is 0 Å². The lowest BCUT2D eigenvalue weighted by Crippen LogP contribution is -2.46. The summed E-state index contributed by atoms with van der Waals surface area (Å²) in [5.41, 5.74) is 13.9. The molecule has 0 fully saturated rings. The molecule has 6 aromatic carbocycles. The third-order valence-corrected chi connectivity index (χ3v) is 18.2. The van der Waals surface area contributed by atoms with E-state index in [2.05, 4.69) is 120 Å². The van der Waals surface area contributed by atoms with Crippen molar-refractivity contribution in [2.45, 2.75) is 58.2 Å². The van der Waals surface area contributed by atoms with Crippen LogP contribution in [0.25, 0.3) is 78.4 Å². The molecule has 274 valence electrons. The fourth-order valence-electron chi connectivity index (χ4n) is 9.05. The van der Waals surface area contributed by atoms with E-state index in [4.69, 9.17) is 19.9 Å². The number of fused-ring (bicyclic) bond motifs is 4. The molecular weight excluding hydrogens is 697 g/mol. The minimum Gasteiger partial charge on any atom is -0.256 e. The van der Waals surface area contributed by atoms with Crippen LogP contribution in [0.15, 0.2) is 152 Å². The van der Waals surface area contributed by atoms with Gasteiger partial charge in [-0.3, -0.25) is 4.98 Å². The summed E-state index contributed by atoms with van der Waals surface area (Å²) in [7, 11) is -1.60. The normalized spacial score (nSPS) is 13.1. The Morgan fingerprint density at radius 1 is 0.446 bits per heavy atom. The quantitative estimate of drug-likeness (QED) is 0.138. The van der Waals surface area contributed by atoms with E-state index in [1.165, 1.54) is 62.5 Å². The Labute approximate surface area is 331 Å². The molecule has 0 aliphatic heterocycles. The molecule has 2 heterocycles. The zero-order valence-corrected chi connectivity index (χ0v) is 33.8. The number of aromatic nitrogens is 4. The predicted molar refractivity (Wildman–Crippen MR) is 237 cm³/mol. The van der Waals surface area contributed by atoms with Crippen LogP contribution in [-0.2, 0) is 5.41 Å². The molecule has 0 amide bonds. The first kappa shape index (κ1) is 35.6. The zero-order valence-electron chi connectivity index (χ0n) is 32.8. The summed E-state index contributed by atoms with van der Waals surface area (Å²) in [5.74, 6) is 1.98. The number of benzene rings is 6. The molecule has 2 aromatic heterocycles. The zero-order chi connectivity index (χ0) is 38.4. The SMILES string of the molecule is CC[Si](CC)(CC)c1ccc(-c2ccc3c(c2)C(C)(C)c2cc(-c4cccc(-c5nc(-c6ccccc6)nc(-c6ccccc6)n5)c4)ccc2-3)c2ncccc12. The van der Waals surface area contributed by atoms with E-state index < -0.39 is 8.07 Å². The largest absolute Gasteiger partial charge is 0.256 e. The lowest BCUT2D eigenvalue weighted by atomic mass is 9.80. The van der Waals surface area contributed by atoms with Gasteiger partial charge in [-0.05, 0) is 63.2 Å². The van der Waals surface area contributed by atoms with Crippen molar-refractivity contribution in [3.05, 3.63) is 163 Å². The second-order valence-corrected chi connectivity index (χ2v) is 20.9. The molecule has 0 bridgehead atoms. The second-order valence-electron chi connectivity index (χ2n) is 15.7. The van der Waals surface area contributed by atoms with Gasteiger partial charge >= 0.3 is 0 Å². The molecule has 0 spiro atoms. The van der Waals surface area contributed by atoms with E-state index in [1.807, 2.05) is 66.9 Å². The molecule has 0 saturated carbocycles. The van der Waals surface area contributed by atoms with Crippen LogP contribution >= 0.6 is 0 Å². The van der Waals surface area contributed by atoms with Crippen LogP contribution < -0.4 is 5.19 Å². The lowest BCUT2D eigenvalue weighted by molar-refractivity contribution is 0.661. The second kappa shape index (κ2) is 14.2. The maximum atomic E-state index is 5.03. The topological polar surface area (TPSA) is 51.6 Å². The third kappa shape index (κ3) is 5.98. The third-order valence-electron chi connectivity index (χ3n) is 12.5. The van der Waals surface area contributed by atoms with Gasteiger partial charge in [0, 0.05) is 39.3 Å². The molecule has 0 unspecified atom stereocenters. The standard InChI is InChI=1S/C51H46N4Si/c1-6-56(7-2,8-3)46-29-28-40(47-43(46)23-16-30-52-47)38-25-27-42-41-26-24-37(32-44(41)51(4,5)45(42)33-38)36-21-15-22-39(31-36)50-54-48(34-17-11-9-12-18-34)53-49(55-50)35-19-13-10-14-20-35/h9-33H,6-8H2,1-5H3. The first-order chi connectivity index (χ1) is 27.3. The monoisotopic (exact) mass is 742 g/mol. The summed E-state index contributed by atoms with van der Waals surface area (Å²) in [6, 6.07) is 55.9. The van der Waals surface area contributed by atoms with Crippen molar-refractivity contribution in [2.24, 2.45) is 0 Å². The van der Waals surface area contributed by atoms with Crippen molar-refractivity contribution in [2.75, 3.05) is 0 Å². The highest BCUT2D eigenvalue weighted by Gasteiger charge is 2.36. The number of rotatable bonds is 9. The molecule has 56 heavy (non-hydrogen) atoms. The molecule has 9 rings (SSSR count). The van der Waals surface area contributed by atoms with E-state index in [-0.39, 0.29) is 5.41 Å². The Hall–Kier alpha value is -6.04. The molecule has 8 aromatic rings. The van der Waals surface area contributed by atoms with Crippen molar-refractivity contribution >= 4 is 24.2 Å². The predicted octanol–water partition coefficient (Wildman–Crippen LogP) is 12.8. The first-order valence-electron chi connectivity index (χ1n) is 20.0. The van der Waals surface area contributed by atoms with Gasteiger partial charge in [-0.25, -0.2) is 15.0 Å². The summed E-state index contributed by atoms with van der Waals surface area (Å²) in [5, 5.41) is 2.90. The Kier molecular flexibility index (Phi) is 9.06.